The van der Waals surface area contributed by atoms with Gasteiger partial charge in [0.15, 0.2) is 0 Å². The molecule has 0 saturated carbocycles. The van der Waals surface area contributed by atoms with E-state index in [0.717, 1.165) is 19.6 Å². The quantitative estimate of drug-likeness (QED) is 0.896. The zero-order valence-corrected chi connectivity index (χ0v) is 11.0. The first-order valence-corrected chi connectivity index (χ1v) is 5.91. The average Bonchev–Trinajstić information content (AvgIpc) is 2.33. The summed E-state index contributed by atoms with van der Waals surface area (Å²) in [5.74, 6) is -0.161. The molecule has 17 heavy (non-hydrogen) atoms. The van der Waals surface area contributed by atoms with Crippen LogP contribution >= 0.6 is 12.4 Å². The van der Waals surface area contributed by atoms with E-state index in [2.05, 4.69) is 17.3 Å². The fourth-order valence-electron chi connectivity index (χ4n) is 2.22. The molecule has 96 valence electrons. The van der Waals surface area contributed by atoms with Crippen molar-refractivity contribution < 1.29 is 4.39 Å². The van der Waals surface area contributed by atoms with Crippen LogP contribution in [0.2, 0.25) is 0 Å². The molecule has 0 bridgehead atoms. The molecule has 1 unspecified atom stereocenters. The van der Waals surface area contributed by atoms with Gasteiger partial charge in [-0.3, -0.25) is 4.90 Å². The van der Waals surface area contributed by atoms with Crippen molar-refractivity contribution >= 4 is 12.4 Å². The van der Waals surface area contributed by atoms with Crippen LogP contribution < -0.4 is 5.32 Å². The SMILES string of the molecule is CN(Cc1ccc(F)cc1)C1CCCNC1.Cl. The van der Waals surface area contributed by atoms with E-state index in [0.29, 0.717) is 6.04 Å². The number of nitrogens with one attached hydrogen (secondary N) is 1. The minimum absolute atomic E-state index is 0. The summed E-state index contributed by atoms with van der Waals surface area (Å²) in [5, 5.41) is 3.41. The normalized spacial score (nSPS) is 20.1. The number of rotatable bonds is 3. The van der Waals surface area contributed by atoms with E-state index >= 15 is 0 Å². The second kappa shape index (κ2) is 6.94. The standard InChI is InChI=1S/C13H19FN2.ClH/c1-16(13-3-2-8-15-9-13)10-11-4-6-12(14)7-5-11;/h4-7,13,15H,2-3,8-10H2,1H3;1H. The molecule has 1 heterocycles. The fraction of sp³-hybridized carbons (Fsp3) is 0.538. The molecule has 2 rings (SSSR count). The zero-order chi connectivity index (χ0) is 11.4. The maximum absolute atomic E-state index is 12.8. The largest absolute Gasteiger partial charge is 0.315 e. The molecular formula is C13H20ClFN2. The smallest absolute Gasteiger partial charge is 0.123 e. The van der Waals surface area contributed by atoms with Gasteiger partial charge in [-0.15, -0.1) is 12.4 Å². The van der Waals surface area contributed by atoms with E-state index in [4.69, 9.17) is 0 Å². The first-order valence-electron chi connectivity index (χ1n) is 5.91. The first-order chi connectivity index (χ1) is 7.75. The van der Waals surface area contributed by atoms with Gasteiger partial charge in [0, 0.05) is 19.1 Å². The summed E-state index contributed by atoms with van der Waals surface area (Å²) in [6, 6.07) is 7.40. The van der Waals surface area contributed by atoms with Crippen LogP contribution in [0, 0.1) is 5.82 Å². The molecule has 0 aromatic heterocycles. The lowest BCUT2D eigenvalue weighted by molar-refractivity contribution is 0.196. The molecule has 1 saturated heterocycles. The number of hydrogen-bond donors (Lipinski definition) is 1. The molecule has 0 spiro atoms. The van der Waals surface area contributed by atoms with E-state index in [1.165, 1.54) is 30.5 Å². The lowest BCUT2D eigenvalue weighted by Gasteiger charge is -2.31. The number of piperidine rings is 1. The average molecular weight is 259 g/mol. The monoisotopic (exact) mass is 258 g/mol. The number of nitrogens with zero attached hydrogens (tertiary/aromatic N) is 1. The summed E-state index contributed by atoms with van der Waals surface area (Å²) in [7, 11) is 2.14. The Morgan fingerprint density at radius 2 is 2.06 bits per heavy atom. The zero-order valence-electron chi connectivity index (χ0n) is 10.2. The molecule has 1 aromatic carbocycles. The Labute approximate surface area is 109 Å². The van der Waals surface area contributed by atoms with E-state index in [9.17, 15) is 4.39 Å². The van der Waals surface area contributed by atoms with E-state index in [1.54, 1.807) is 0 Å². The molecule has 4 heteroatoms. The van der Waals surface area contributed by atoms with E-state index in [1.807, 2.05) is 12.1 Å². The third-order valence-corrected chi connectivity index (χ3v) is 3.24. The summed E-state index contributed by atoms with van der Waals surface area (Å²) in [4.78, 5) is 2.35. The molecule has 1 aliphatic heterocycles. The lowest BCUT2D eigenvalue weighted by atomic mass is 10.1. The Kier molecular flexibility index (Phi) is 5.89. The predicted octanol–water partition coefficient (Wildman–Crippen LogP) is 2.43. The van der Waals surface area contributed by atoms with Crippen LogP contribution in [0.1, 0.15) is 18.4 Å². The summed E-state index contributed by atoms with van der Waals surface area (Å²) in [6.07, 6.45) is 2.50. The Bertz CT molecular complexity index is 323. The van der Waals surface area contributed by atoms with Gasteiger partial charge in [-0.2, -0.15) is 0 Å². The lowest BCUT2D eigenvalue weighted by Crippen LogP contribution is -2.43. The van der Waals surface area contributed by atoms with Gasteiger partial charge in [0.2, 0.25) is 0 Å². The molecule has 1 N–H and O–H groups in total. The van der Waals surface area contributed by atoms with Crippen molar-refractivity contribution in [2.24, 2.45) is 0 Å². The maximum Gasteiger partial charge on any atom is 0.123 e. The molecule has 0 aliphatic carbocycles. The van der Waals surface area contributed by atoms with Gasteiger partial charge in [-0.1, -0.05) is 12.1 Å². The van der Waals surface area contributed by atoms with Gasteiger partial charge < -0.3 is 5.32 Å². The highest BCUT2D eigenvalue weighted by atomic mass is 35.5. The molecule has 2 nitrogen and oxygen atoms in total. The molecule has 0 radical (unpaired) electrons. The van der Waals surface area contributed by atoms with Crippen molar-refractivity contribution in [3.63, 3.8) is 0 Å². The number of halogens is 2. The topological polar surface area (TPSA) is 15.3 Å². The Morgan fingerprint density at radius 1 is 1.35 bits per heavy atom. The van der Waals surface area contributed by atoms with Crippen molar-refractivity contribution in [2.45, 2.75) is 25.4 Å². The second-order valence-corrected chi connectivity index (χ2v) is 4.54. The van der Waals surface area contributed by atoms with E-state index < -0.39 is 0 Å². The van der Waals surface area contributed by atoms with Gasteiger partial charge in [0.05, 0.1) is 0 Å². The molecule has 1 fully saturated rings. The third kappa shape index (κ3) is 4.26. The van der Waals surface area contributed by atoms with Gasteiger partial charge in [0.1, 0.15) is 5.82 Å². The van der Waals surface area contributed by atoms with Gasteiger partial charge in [0.25, 0.3) is 0 Å². The Hall–Kier alpha value is -0.640. The van der Waals surface area contributed by atoms with Gasteiger partial charge in [-0.05, 0) is 44.1 Å². The van der Waals surface area contributed by atoms with Crippen molar-refractivity contribution in [3.8, 4) is 0 Å². The number of likely N-dealkylation sites (N-methyl/N-ethyl adjacent to an activating group) is 1. The molecule has 0 amide bonds. The highest BCUT2D eigenvalue weighted by Gasteiger charge is 2.17. The summed E-state index contributed by atoms with van der Waals surface area (Å²) >= 11 is 0. The van der Waals surface area contributed by atoms with Gasteiger partial charge in [-0.25, -0.2) is 4.39 Å². The maximum atomic E-state index is 12.8. The first kappa shape index (κ1) is 14.4. The minimum atomic E-state index is -0.161. The minimum Gasteiger partial charge on any atom is -0.315 e. The van der Waals surface area contributed by atoms with Crippen molar-refractivity contribution in [1.29, 1.82) is 0 Å². The highest BCUT2D eigenvalue weighted by molar-refractivity contribution is 5.85. The van der Waals surface area contributed by atoms with Gasteiger partial charge >= 0.3 is 0 Å². The predicted molar refractivity (Wildman–Crippen MR) is 71.0 cm³/mol. The Morgan fingerprint density at radius 3 is 2.65 bits per heavy atom. The number of benzene rings is 1. The molecule has 1 aliphatic rings. The molecule has 1 atom stereocenters. The van der Waals surface area contributed by atoms with Crippen LogP contribution in [0.5, 0.6) is 0 Å². The third-order valence-electron chi connectivity index (χ3n) is 3.24. The Balaban J connectivity index is 0.00000144. The van der Waals surface area contributed by atoms with Crippen LogP contribution in [-0.2, 0) is 6.54 Å². The van der Waals surface area contributed by atoms with Crippen molar-refractivity contribution in [3.05, 3.63) is 35.6 Å². The van der Waals surface area contributed by atoms with Crippen molar-refractivity contribution in [1.82, 2.24) is 10.2 Å². The summed E-state index contributed by atoms with van der Waals surface area (Å²) in [6.45, 7) is 3.10. The van der Waals surface area contributed by atoms with Crippen LogP contribution in [-0.4, -0.2) is 31.1 Å². The van der Waals surface area contributed by atoms with Crippen LogP contribution in [0.3, 0.4) is 0 Å². The van der Waals surface area contributed by atoms with Crippen molar-refractivity contribution in [2.75, 3.05) is 20.1 Å². The van der Waals surface area contributed by atoms with Crippen LogP contribution in [0.4, 0.5) is 4.39 Å². The van der Waals surface area contributed by atoms with Crippen LogP contribution in [0.15, 0.2) is 24.3 Å². The highest BCUT2D eigenvalue weighted by Crippen LogP contribution is 2.12. The number of hydrogen-bond acceptors (Lipinski definition) is 2. The molecular weight excluding hydrogens is 239 g/mol. The fourth-order valence-corrected chi connectivity index (χ4v) is 2.22. The van der Waals surface area contributed by atoms with E-state index in [-0.39, 0.29) is 18.2 Å². The molecule has 1 aromatic rings. The second-order valence-electron chi connectivity index (χ2n) is 4.54. The van der Waals surface area contributed by atoms with Crippen LogP contribution in [0.25, 0.3) is 0 Å². The summed E-state index contributed by atoms with van der Waals surface area (Å²) in [5.41, 5.74) is 1.18. The summed E-state index contributed by atoms with van der Waals surface area (Å²) < 4.78 is 12.8.